The lowest BCUT2D eigenvalue weighted by molar-refractivity contribution is 0.491. The Balaban J connectivity index is 2.82. The van der Waals surface area contributed by atoms with Crippen molar-refractivity contribution in [3.05, 3.63) is 35.1 Å². The quantitative estimate of drug-likeness (QED) is 0.769. The van der Waals surface area contributed by atoms with Gasteiger partial charge in [-0.05, 0) is 43.1 Å². The van der Waals surface area contributed by atoms with Gasteiger partial charge in [0.2, 0.25) is 0 Å². The lowest BCUT2D eigenvalue weighted by Gasteiger charge is -2.18. The first-order valence-corrected chi connectivity index (χ1v) is 6.17. The van der Waals surface area contributed by atoms with Gasteiger partial charge in [-0.15, -0.1) is 0 Å². The van der Waals surface area contributed by atoms with Crippen molar-refractivity contribution in [2.24, 2.45) is 0 Å². The molecule has 0 radical (unpaired) electrons. The van der Waals surface area contributed by atoms with Gasteiger partial charge in [0, 0.05) is 6.04 Å². The Morgan fingerprint density at radius 2 is 2.00 bits per heavy atom. The minimum atomic E-state index is -0.130. The standard InChI is InChI=1S/C14H22FN/c1-4-6-7-14(16-5-2)12-8-11(3)9-13(15)10-12/h8-10,14,16H,4-7H2,1-3H3. The van der Waals surface area contributed by atoms with Crippen LogP contribution < -0.4 is 5.32 Å². The van der Waals surface area contributed by atoms with E-state index < -0.39 is 0 Å². The minimum Gasteiger partial charge on any atom is -0.310 e. The number of hydrogen-bond donors (Lipinski definition) is 1. The van der Waals surface area contributed by atoms with Gasteiger partial charge in [-0.2, -0.15) is 0 Å². The third-order valence-corrected chi connectivity index (χ3v) is 2.76. The maximum Gasteiger partial charge on any atom is 0.123 e. The van der Waals surface area contributed by atoms with Crippen molar-refractivity contribution in [1.82, 2.24) is 5.32 Å². The molecule has 0 heterocycles. The van der Waals surface area contributed by atoms with E-state index in [2.05, 4.69) is 25.2 Å². The van der Waals surface area contributed by atoms with Crippen LogP contribution in [-0.4, -0.2) is 6.54 Å². The molecule has 0 spiro atoms. The van der Waals surface area contributed by atoms with E-state index in [1.165, 1.54) is 12.8 Å². The number of rotatable bonds is 6. The summed E-state index contributed by atoms with van der Waals surface area (Å²) in [6.45, 7) is 7.13. The molecule has 0 aromatic heterocycles. The van der Waals surface area contributed by atoms with Crippen LogP contribution in [0.25, 0.3) is 0 Å². The lowest BCUT2D eigenvalue weighted by Crippen LogP contribution is -2.21. The zero-order valence-corrected chi connectivity index (χ0v) is 10.5. The molecule has 0 aliphatic carbocycles. The maximum absolute atomic E-state index is 13.3. The first-order chi connectivity index (χ1) is 7.67. The number of unbranched alkanes of at least 4 members (excludes halogenated alkanes) is 1. The normalized spacial score (nSPS) is 12.8. The molecule has 0 fully saturated rings. The Bertz CT molecular complexity index is 302. The first-order valence-electron chi connectivity index (χ1n) is 6.17. The summed E-state index contributed by atoms with van der Waals surface area (Å²) in [6.07, 6.45) is 3.43. The second kappa shape index (κ2) is 6.64. The Morgan fingerprint density at radius 3 is 2.56 bits per heavy atom. The molecule has 0 bridgehead atoms. The summed E-state index contributed by atoms with van der Waals surface area (Å²) in [6, 6.07) is 5.59. The van der Waals surface area contributed by atoms with Gasteiger partial charge >= 0.3 is 0 Å². The molecule has 1 aromatic rings. The Labute approximate surface area is 98.1 Å². The molecule has 1 N–H and O–H groups in total. The number of halogens is 1. The van der Waals surface area contributed by atoms with Gasteiger partial charge < -0.3 is 5.32 Å². The van der Waals surface area contributed by atoms with Crippen LogP contribution in [-0.2, 0) is 0 Å². The van der Waals surface area contributed by atoms with Crippen LogP contribution in [0.4, 0.5) is 4.39 Å². The molecule has 16 heavy (non-hydrogen) atoms. The molecular weight excluding hydrogens is 201 g/mol. The largest absolute Gasteiger partial charge is 0.310 e. The van der Waals surface area contributed by atoms with Crippen LogP contribution in [0.3, 0.4) is 0 Å². The third-order valence-electron chi connectivity index (χ3n) is 2.76. The molecular formula is C14H22FN. The second-order valence-corrected chi connectivity index (χ2v) is 4.31. The van der Waals surface area contributed by atoms with E-state index in [1.807, 2.05) is 6.92 Å². The molecule has 0 aliphatic rings. The van der Waals surface area contributed by atoms with Crippen molar-refractivity contribution in [3.63, 3.8) is 0 Å². The molecule has 1 atom stereocenters. The van der Waals surface area contributed by atoms with Crippen LogP contribution >= 0.6 is 0 Å². The molecule has 0 aliphatic heterocycles. The smallest absolute Gasteiger partial charge is 0.123 e. The van der Waals surface area contributed by atoms with Crippen LogP contribution in [0.15, 0.2) is 18.2 Å². The van der Waals surface area contributed by atoms with Crippen molar-refractivity contribution in [2.45, 2.75) is 46.1 Å². The monoisotopic (exact) mass is 223 g/mol. The molecule has 1 unspecified atom stereocenters. The molecule has 1 rings (SSSR count). The number of benzene rings is 1. The molecule has 0 amide bonds. The Hall–Kier alpha value is -0.890. The van der Waals surface area contributed by atoms with Crippen LogP contribution in [0.2, 0.25) is 0 Å². The van der Waals surface area contributed by atoms with E-state index in [0.717, 1.165) is 24.1 Å². The highest BCUT2D eigenvalue weighted by Gasteiger charge is 2.10. The highest BCUT2D eigenvalue weighted by Crippen LogP contribution is 2.21. The summed E-state index contributed by atoms with van der Waals surface area (Å²) < 4.78 is 13.3. The molecule has 0 saturated heterocycles. The first kappa shape index (κ1) is 13.2. The van der Waals surface area contributed by atoms with Crippen molar-refractivity contribution < 1.29 is 4.39 Å². The number of hydrogen-bond acceptors (Lipinski definition) is 1. The SMILES string of the molecule is CCCCC(NCC)c1cc(C)cc(F)c1. The number of aryl methyl sites for hydroxylation is 1. The zero-order valence-electron chi connectivity index (χ0n) is 10.5. The van der Waals surface area contributed by atoms with Gasteiger partial charge in [0.05, 0.1) is 0 Å². The summed E-state index contributed by atoms with van der Waals surface area (Å²) in [5.41, 5.74) is 2.07. The number of nitrogens with one attached hydrogen (secondary N) is 1. The highest BCUT2D eigenvalue weighted by molar-refractivity contribution is 5.26. The van der Waals surface area contributed by atoms with Crippen LogP contribution in [0, 0.1) is 12.7 Å². The van der Waals surface area contributed by atoms with E-state index in [0.29, 0.717) is 6.04 Å². The average Bonchev–Trinajstić information content (AvgIpc) is 2.22. The minimum absolute atomic E-state index is 0.130. The maximum atomic E-state index is 13.3. The molecule has 1 aromatic carbocycles. The average molecular weight is 223 g/mol. The van der Waals surface area contributed by atoms with Gasteiger partial charge in [-0.3, -0.25) is 0 Å². The van der Waals surface area contributed by atoms with Crippen molar-refractivity contribution >= 4 is 0 Å². The highest BCUT2D eigenvalue weighted by atomic mass is 19.1. The summed E-state index contributed by atoms with van der Waals surface area (Å²) in [5.74, 6) is -0.130. The molecule has 0 saturated carbocycles. The zero-order chi connectivity index (χ0) is 12.0. The summed E-state index contributed by atoms with van der Waals surface area (Å²) in [4.78, 5) is 0. The summed E-state index contributed by atoms with van der Waals surface area (Å²) >= 11 is 0. The summed E-state index contributed by atoms with van der Waals surface area (Å²) in [5, 5.41) is 3.42. The van der Waals surface area contributed by atoms with Crippen LogP contribution in [0.5, 0.6) is 0 Å². The Kier molecular flexibility index (Phi) is 5.47. The fraction of sp³-hybridized carbons (Fsp3) is 0.571. The predicted molar refractivity (Wildman–Crippen MR) is 67.1 cm³/mol. The molecule has 2 heteroatoms. The third kappa shape index (κ3) is 3.93. The summed E-state index contributed by atoms with van der Waals surface area (Å²) in [7, 11) is 0. The fourth-order valence-electron chi connectivity index (χ4n) is 2.01. The van der Waals surface area contributed by atoms with Crippen molar-refractivity contribution in [3.8, 4) is 0 Å². The van der Waals surface area contributed by atoms with Crippen LogP contribution in [0.1, 0.15) is 50.3 Å². The lowest BCUT2D eigenvalue weighted by atomic mass is 9.99. The Morgan fingerprint density at radius 1 is 1.25 bits per heavy atom. The van der Waals surface area contributed by atoms with E-state index >= 15 is 0 Å². The van der Waals surface area contributed by atoms with Gasteiger partial charge in [0.1, 0.15) is 5.82 Å². The predicted octanol–water partition coefficient (Wildman–Crippen LogP) is 3.97. The second-order valence-electron chi connectivity index (χ2n) is 4.31. The van der Waals surface area contributed by atoms with Gasteiger partial charge in [-0.25, -0.2) is 4.39 Å². The van der Waals surface area contributed by atoms with Gasteiger partial charge in [-0.1, -0.05) is 32.8 Å². The molecule has 1 nitrogen and oxygen atoms in total. The van der Waals surface area contributed by atoms with Crippen molar-refractivity contribution in [2.75, 3.05) is 6.54 Å². The van der Waals surface area contributed by atoms with E-state index in [-0.39, 0.29) is 5.82 Å². The van der Waals surface area contributed by atoms with Gasteiger partial charge in [0.15, 0.2) is 0 Å². The molecule has 90 valence electrons. The topological polar surface area (TPSA) is 12.0 Å². The van der Waals surface area contributed by atoms with Crippen molar-refractivity contribution in [1.29, 1.82) is 0 Å². The fourth-order valence-corrected chi connectivity index (χ4v) is 2.01. The van der Waals surface area contributed by atoms with E-state index in [1.54, 1.807) is 12.1 Å². The van der Waals surface area contributed by atoms with E-state index in [4.69, 9.17) is 0 Å². The van der Waals surface area contributed by atoms with Gasteiger partial charge in [0.25, 0.3) is 0 Å². The van der Waals surface area contributed by atoms with E-state index in [9.17, 15) is 4.39 Å².